The molecule has 1 unspecified atom stereocenters. The molecule has 0 radical (unpaired) electrons. The maximum atomic E-state index is 14.3. The van der Waals surface area contributed by atoms with Crippen LogP contribution in [0.3, 0.4) is 0 Å². The summed E-state index contributed by atoms with van der Waals surface area (Å²) in [6, 6.07) is 6.74. The molecule has 1 aromatic carbocycles. The number of likely N-dealkylation sites (N-methyl/N-ethyl adjacent to an activating group) is 3. The van der Waals surface area contributed by atoms with Gasteiger partial charge in [-0.15, -0.1) is 11.3 Å². The third-order valence-electron chi connectivity index (χ3n) is 11.2. The van der Waals surface area contributed by atoms with Gasteiger partial charge in [-0.2, -0.15) is 0 Å². The first-order chi connectivity index (χ1) is 27.6. The van der Waals surface area contributed by atoms with Crippen molar-refractivity contribution in [3.63, 3.8) is 0 Å². The number of nitrogens with zero attached hydrogens (tertiary/aromatic N) is 3. The number of aromatic nitrogens is 1. The highest BCUT2D eigenvalue weighted by molar-refractivity contribution is 7.11. The van der Waals surface area contributed by atoms with Crippen molar-refractivity contribution >= 4 is 40.7 Å². The quantitative estimate of drug-likeness (QED) is 0.140. The highest BCUT2D eigenvalue weighted by Crippen LogP contribution is 2.28. The number of ether oxygens (including phenoxy) is 4. The van der Waals surface area contributed by atoms with Crippen LogP contribution in [0.2, 0.25) is 0 Å². The summed E-state index contributed by atoms with van der Waals surface area (Å²) >= 11 is 1.19. The zero-order valence-corrected chi connectivity index (χ0v) is 37.0. The largest absolute Gasteiger partial charge is 0.379 e. The van der Waals surface area contributed by atoms with Crippen LogP contribution in [-0.4, -0.2) is 148 Å². The summed E-state index contributed by atoms with van der Waals surface area (Å²) < 4.78 is 23.6. The first-order valence-electron chi connectivity index (χ1n) is 20.1. The Bertz CT molecular complexity index is 1610. The number of hydrogen-bond acceptors (Lipinski definition) is 12. The summed E-state index contributed by atoms with van der Waals surface area (Å²) in [7, 11) is 9.53. The lowest BCUT2D eigenvalue weighted by molar-refractivity contribution is -0.152. The van der Waals surface area contributed by atoms with Crippen molar-refractivity contribution < 1.29 is 42.9 Å². The van der Waals surface area contributed by atoms with Gasteiger partial charge >= 0.3 is 0 Å². The summed E-state index contributed by atoms with van der Waals surface area (Å²) in [5.74, 6) is -1.89. The summed E-state index contributed by atoms with van der Waals surface area (Å²) in [5.41, 5.74) is 0.857. The van der Waals surface area contributed by atoms with Crippen LogP contribution in [0.25, 0.3) is 0 Å². The smallest absolute Gasteiger partial charge is 0.252 e. The lowest BCUT2D eigenvalue weighted by Crippen LogP contribution is -2.59. The molecule has 1 aliphatic rings. The van der Waals surface area contributed by atoms with Crippen LogP contribution in [0.5, 0.6) is 0 Å². The minimum absolute atomic E-state index is 0.0174. The standard InChI is InChI=1S/C42H66N6O9S/c1-13-26(6)34(48(9)42(53)33(25(4)5)47(8)41(52)32(43-7)24(2)3)29(54-10)22-31(49)45-23-30-36(55-11)37(56-12)38(57-30)39(51)46-28(21-27-17-15-14-16-18-27)35(50)40-44-19-20-58-40/h14-20,24-26,28-30,32-34,36-38,43H,13,21-23H2,1-12H3,(H,45,49)(H,46,51)/t26-,28-,29?,30+,32-,33-,34-,36+,37-,38-/m0/s1. The average molecular weight is 831 g/mol. The lowest BCUT2D eigenvalue weighted by atomic mass is 9.89. The van der Waals surface area contributed by atoms with Gasteiger partial charge in [-0.25, -0.2) is 4.98 Å². The maximum absolute atomic E-state index is 14.3. The summed E-state index contributed by atoms with van der Waals surface area (Å²) in [4.78, 5) is 76.2. The van der Waals surface area contributed by atoms with Crippen LogP contribution in [0.15, 0.2) is 41.9 Å². The van der Waals surface area contributed by atoms with Crippen molar-refractivity contribution in [2.45, 2.75) is 115 Å². The van der Waals surface area contributed by atoms with E-state index in [4.69, 9.17) is 18.9 Å². The number of rotatable bonds is 23. The molecule has 16 heteroatoms. The van der Waals surface area contributed by atoms with E-state index in [0.717, 1.165) is 5.56 Å². The van der Waals surface area contributed by atoms with Gasteiger partial charge in [0, 0.05) is 60.0 Å². The molecule has 3 rings (SSSR count). The highest BCUT2D eigenvalue weighted by atomic mass is 32.1. The van der Waals surface area contributed by atoms with Crippen LogP contribution in [0.4, 0.5) is 0 Å². The molecular formula is C42H66N6O9S. The molecule has 4 amide bonds. The van der Waals surface area contributed by atoms with Gasteiger partial charge in [0.15, 0.2) is 11.1 Å². The number of methoxy groups -OCH3 is 3. The van der Waals surface area contributed by atoms with Gasteiger partial charge in [-0.05, 0) is 30.4 Å². The van der Waals surface area contributed by atoms with Gasteiger partial charge in [-0.3, -0.25) is 24.0 Å². The summed E-state index contributed by atoms with van der Waals surface area (Å²) in [5, 5.41) is 10.8. The van der Waals surface area contributed by atoms with Crippen molar-refractivity contribution in [3.8, 4) is 0 Å². The SMILES string of the molecule is CC[C@H](C)[C@@H](C(CC(=O)NC[C@H]1O[C@H](C(=O)N[C@@H](Cc2ccccc2)C(=O)c2nccs2)[C@@H](OC)[C@@H]1OC)OC)N(C)C(=O)[C@H](C(C)C)N(C)C(=O)[C@@H](NC)C(C)C. The molecule has 1 saturated heterocycles. The van der Waals surface area contributed by atoms with E-state index in [1.165, 1.54) is 37.6 Å². The zero-order chi connectivity index (χ0) is 43.3. The first kappa shape index (κ1) is 48.6. The average Bonchev–Trinajstić information content (AvgIpc) is 3.88. The Labute approximate surface area is 348 Å². The molecule has 2 aromatic rings. The van der Waals surface area contributed by atoms with E-state index in [-0.39, 0.29) is 65.7 Å². The normalized spacial score (nSPS) is 21.1. The second kappa shape index (κ2) is 23.1. The topological polar surface area (TPSA) is 178 Å². The van der Waals surface area contributed by atoms with Gasteiger partial charge in [0.2, 0.25) is 23.5 Å². The Morgan fingerprint density at radius 3 is 2.09 bits per heavy atom. The molecule has 0 spiro atoms. The van der Waals surface area contributed by atoms with Gasteiger partial charge in [0.1, 0.15) is 24.4 Å². The van der Waals surface area contributed by atoms with Crippen molar-refractivity contribution in [3.05, 3.63) is 52.5 Å². The fourth-order valence-corrected chi connectivity index (χ4v) is 8.49. The second-order valence-corrected chi connectivity index (χ2v) is 16.6. The van der Waals surface area contributed by atoms with Gasteiger partial charge in [0.05, 0.1) is 30.7 Å². The number of nitrogens with one attached hydrogen (secondary N) is 3. The third kappa shape index (κ3) is 12.1. The summed E-state index contributed by atoms with van der Waals surface area (Å²) in [6.45, 7) is 11.7. The number of carbonyl (C=O) groups is 5. The predicted molar refractivity (Wildman–Crippen MR) is 222 cm³/mol. The molecule has 58 heavy (non-hydrogen) atoms. The van der Waals surface area contributed by atoms with E-state index >= 15 is 0 Å². The molecule has 10 atom stereocenters. The molecule has 2 heterocycles. The Morgan fingerprint density at radius 1 is 0.914 bits per heavy atom. The lowest BCUT2D eigenvalue weighted by Gasteiger charge is -2.42. The fraction of sp³-hybridized carbons (Fsp3) is 0.667. The fourth-order valence-electron chi connectivity index (χ4n) is 7.86. The minimum Gasteiger partial charge on any atom is -0.379 e. The number of Topliss-reactive ketones (excluding diaryl/α,β-unsaturated/α-hetero) is 1. The molecule has 324 valence electrons. The molecule has 3 N–H and O–H groups in total. The first-order valence-corrected chi connectivity index (χ1v) is 20.9. The number of ketones is 1. The number of thiazole rings is 1. The molecule has 0 bridgehead atoms. The van der Waals surface area contributed by atoms with Gasteiger partial charge < -0.3 is 44.7 Å². The van der Waals surface area contributed by atoms with Crippen molar-refractivity contribution in [1.82, 2.24) is 30.7 Å². The van der Waals surface area contributed by atoms with E-state index in [1.54, 1.807) is 37.6 Å². The van der Waals surface area contributed by atoms with Crippen molar-refractivity contribution in [2.75, 3.05) is 49.0 Å². The van der Waals surface area contributed by atoms with Crippen LogP contribution in [-0.2, 0) is 44.5 Å². The van der Waals surface area contributed by atoms with Crippen molar-refractivity contribution in [2.24, 2.45) is 17.8 Å². The predicted octanol–water partition coefficient (Wildman–Crippen LogP) is 2.97. The molecular weight excluding hydrogens is 765 g/mol. The summed E-state index contributed by atoms with van der Waals surface area (Å²) in [6.07, 6.45) is -1.79. The highest BCUT2D eigenvalue weighted by Gasteiger charge is 2.49. The van der Waals surface area contributed by atoms with Crippen LogP contribution in [0.1, 0.15) is 69.7 Å². The molecule has 1 aliphatic heterocycles. The maximum Gasteiger partial charge on any atom is 0.252 e. The Morgan fingerprint density at radius 2 is 1.57 bits per heavy atom. The number of hydrogen-bond donors (Lipinski definition) is 3. The van der Waals surface area contributed by atoms with Crippen LogP contribution < -0.4 is 16.0 Å². The van der Waals surface area contributed by atoms with Crippen molar-refractivity contribution in [1.29, 1.82) is 0 Å². The molecule has 1 aromatic heterocycles. The van der Waals surface area contributed by atoms with Crippen LogP contribution in [0, 0.1) is 17.8 Å². The Balaban J connectivity index is 1.75. The number of carbonyl (C=O) groups excluding carboxylic acids is 5. The minimum atomic E-state index is -1.15. The van der Waals surface area contributed by atoms with Crippen LogP contribution >= 0.6 is 11.3 Å². The Hall–Kier alpha value is -3.80. The second-order valence-electron chi connectivity index (χ2n) is 15.7. The number of benzene rings is 1. The molecule has 1 fully saturated rings. The van der Waals surface area contributed by atoms with E-state index in [2.05, 4.69) is 20.9 Å². The Kier molecular flexibility index (Phi) is 19.4. The van der Waals surface area contributed by atoms with E-state index in [1.807, 2.05) is 71.9 Å². The third-order valence-corrected chi connectivity index (χ3v) is 11.9. The molecule has 0 aliphatic carbocycles. The van der Waals surface area contributed by atoms with E-state index in [9.17, 15) is 24.0 Å². The number of amides is 4. The molecule has 15 nitrogen and oxygen atoms in total. The van der Waals surface area contributed by atoms with Gasteiger partial charge in [-0.1, -0.05) is 78.3 Å². The molecule has 0 saturated carbocycles. The zero-order valence-electron chi connectivity index (χ0n) is 36.2. The monoisotopic (exact) mass is 830 g/mol. The van der Waals surface area contributed by atoms with E-state index in [0.29, 0.717) is 6.42 Å². The van der Waals surface area contributed by atoms with Gasteiger partial charge in [0.25, 0.3) is 5.91 Å². The van der Waals surface area contributed by atoms with E-state index < -0.39 is 60.6 Å².